The predicted molar refractivity (Wildman–Crippen MR) is 75.0 cm³/mol. The molecular formula is C12H15N3O3S2. The Kier molecular flexibility index (Phi) is 3.61. The SMILES string of the molecule is CCc1nnc(-c2csc(S(=O)(=O)N3CCCC3)c2)o1. The summed E-state index contributed by atoms with van der Waals surface area (Å²) in [6.45, 7) is 3.14. The van der Waals surface area contributed by atoms with Crippen LogP contribution >= 0.6 is 11.3 Å². The first-order valence-corrected chi connectivity index (χ1v) is 8.84. The second-order valence-electron chi connectivity index (χ2n) is 4.62. The molecule has 1 aliphatic rings. The molecule has 2 aromatic rings. The fourth-order valence-corrected chi connectivity index (χ4v) is 4.96. The van der Waals surface area contributed by atoms with Crippen molar-refractivity contribution in [2.75, 3.05) is 13.1 Å². The molecule has 108 valence electrons. The van der Waals surface area contributed by atoms with Gasteiger partial charge in [0, 0.05) is 24.9 Å². The van der Waals surface area contributed by atoms with E-state index in [1.807, 2.05) is 6.92 Å². The minimum atomic E-state index is -3.36. The number of hydrogen-bond donors (Lipinski definition) is 0. The van der Waals surface area contributed by atoms with Crippen LogP contribution in [0.1, 0.15) is 25.7 Å². The van der Waals surface area contributed by atoms with Crippen molar-refractivity contribution in [1.82, 2.24) is 14.5 Å². The highest BCUT2D eigenvalue weighted by molar-refractivity contribution is 7.91. The van der Waals surface area contributed by atoms with E-state index < -0.39 is 10.0 Å². The second kappa shape index (κ2) is 5.27. The third-order valence-electron chi connectivity index (χ3n) is 3.25. The van der Waals surface area contributed by atoms with Gasteiger partial charge in [0.15, 0.2) is 0 Å². The lowest BCUT2D eigenvalue weighted by Gasteiger charge is -2.13. The summed E-state index contributed by atoms with van der Waals surface area (Å²) in [6.07, 6.45) is 2.53. The highest BCUT2D eigenvalue weighted by Gasteiger charge is 2.29. The van der Waals surface area contributed by atoms with E-state index in [9.17, 15) is 8.42 Å². The van der Waals surface area contributed by atoms with Gasteiger partial charge in [0.2, 0.25) is 11.8 Å². The maximum absolute atomic E-state index is 12.4. The molecule has 1 saturated heterocycles. The minimum absolute atomic E-state index is 0.339. The van der Waals surface area contributed by atoms with Crippen molar-refractivity contribution in [3.63, 3.8) is 0 Å². The van der Waals surface area contributed by atoms with Crippen LogP contribution in [-0.4, -0.2) is 36.0 Å². The Balaban J connectivity index is 1.89. The van der Waals surface area contributed by atoms with Crippen LogP contribution in [0, 0.1) is 0 Å². The van der Waals surface area contributed by atoms with E-state index in [4.69, 9.17) is 4.42 Å². The van der Waals surface area contributed by atoms with Gasteiger partial charge < -0.3 is 4.42 Å². The number of aryl methyl sites for hydroxylation is 1. The monoisotopic (exact) mass is 313 g/mol. The molecule has 0 atom stereocenters. The summed E-state index contributed by atoms with van der Waals surface area (Å²) in [5.74, 6) is 0.927. The second-order valence-corrected chi connectivity index (χ2v) is 7.70. The largest absolute Gasteiger partial charge is 0.421 e. The maximum atomic E-state index is 12.4. The lowest BCUT2D eigenvalue weighted by atomic mass is 10.3. The first-order valence-electron chi connectivity index (χ1n) is 6.52. The van der Waals surface area contributed by atoms with Crippen molar-refractivity contribution in [3.05, 3.63) is 17.3 Å². The molecule has 1 aliphatic heterocycles. The normalized spacial score (nSPS) is 16.9. The van der Waals surface area contributed by atoms with Crippen LogP contribution in [0.4, 0.5) is 0 Å². The van der Waals surface area contributed by atoms with Crippen molar-refractivity contribution >= 4 is 21.4 Å². The Morgan fingerprint density at radius 2 is 2.10 bits per heavy atom. The molecule has 0 spiro atoms. The number of thiophene rings is 1. The standard InChI is InChI=1S/C12H15N3O3S2/c1-2-10-13-14-12(18-10)9-7-11(19-8-9)20(16,17)15-5-3-4-6-15/h7-8H,2-6H2,1H3. The van der Waals surface area contributed by atoms with Crippen LogP contribution in [0.15, 0.2) is 20.1 Å². The molecule has 0 saturated carbocycles. The molecule has 0 amide bonds. The average molecular weight is 313 g/mol. The zero-order chi connectivity index (χ0) is 14.2. The molecule has 2 aromatic heterocycles. The van der Waals surface area contributed by atoms with E-state index in [0.29, 0.717) is 41.1 Å². The zero-order valence-electron chi connectivity index (χ0n) is 11.1. The van der Waals surface area contributed by atoms with Crippen LogP contribution in [0.25, 0.3) is 11.5 Å². The fourth-order valence-electron chi connectivity index (χ4n) is 2.13. The van der Waals surface area contributed by atoms with E-state index in [2.05, 4.69) is 10.2 Å². The van der Waals surface area contributed by atoms with Gasteiger partial charge in [-0.2, -0.15) is 4.31 Å². The minimum Gasteiger partial charge on any atom is -0.421 e. The van der Waals surface area contributed by atoms with Gasteiger partial charge in [-0.05, 0) is 18.9 Å². The first kappa shape index (κ1) is 13.7. The van der Waals surface area contributed by atoms with Gasteiger partial charge >= 0.3 is 0 Å². The van der Waals surface area contributed by atoms with Gasteiger partial charge in [-0.3, -0.25) is 0 Å². The first-order chi connectivity index (χ1) is 9.61. The highest BCUT2D eigenvalue weighted by Crippen LogP contribution is 2.31. The summed E-state index contributed by atoms with van der Waals surface area (Å²) in [5, 5.41) is 9.57. The third kappa shape index (κ3) is 2.38. The highest BCUT2D eigenvalue weighted by atomic mass is 32.2. The summed E-state index contributed by atoms with van der Waals surface area (Å²) >= 11 is 1.20. The van der Waals surface area contributed by atoms with Crippen molar-refractivity contribution in [1.29, 1.82) is 0 Å². The number of rotatable bonds is 4. The number of sulfonamides is 1. The van der Waals surface area contributed by atoms with Crippen LogP contribution in [0.5, 0.6) is 0 Å². The molecule has 0 N–H and O–H groups in total. The Labute approximate surface area is 121 Å². The molecule has 0 bridgehead atoms. The number of hydrogen-bond acceptors (Lipinski definition) is 6. The molecular weight excluding hydrogens is 298 g/mol. The molecule has 8 heteroatoms. The van der Waals surface area contributed by atoms with E-state index in [-0.39, 0.29) is 0 Å². The van der Waals surface area contributed by atoms with Crippen LogP contribution < -0.4 is 0 Å². The smallest absolute Gasteiger partial charge is 0.252 e. The summed E-state index contributed by atoms with van der Waals surface area (Å²) < 4.78 is 32.1. The van der Waals surface area contributed by atoms with Crippen molar-refractivity contribution in [2.45, 2.75) is 30.4 Å². The molecule has 0 unspecified atom stereocenters. The zero-order valence-corrected chi connectivity index (χ0v) is 12.7. The summed E-state index contributed by atoms with van der Waals surface area (Å²) in [5.41, 5.74) is 0.667. The molecule has 1 fully saturated rings. The number of nitrogens with zero attached hydrogens (tertiary/aromatic N) is 3. The van der Waals surface area contributed by atoms with E-state index in [1.54, 1.807) is 11.4 Å². The molecule has 0 radical (unpaired) electrons. The quantitative estimate of drug-likeness (QED) is 0.864. The van der Waals surface area contributed by atoms with Gasteiger partial charge in [-0.25, -0.2) is 8.42 Å². The summed E-state index contributed by atoms with van der Waals surface area (Å²) in [6, 6.07) is 1.62. The van der Waals surface area contributed by atoms with E-state index >= 15 is 0 Å². The molecule has 3 heterocycles. The van der Waals surface area contributed by atoms with Crippen molar-refractivity contribution in [2.24, 2.45) is 0 Å². The van der Waals surface area contributed by atoms with E-state index in [1.165, 1.54) is 15.6 Å². The van der Waals surface area contributed by atoms with Crippen molar-refractivity contribution < 1.29 is 12.8 Å². The Bertz CT molecular complexity index is 699. The van der Waals surface area contributed by atoms with Gasteiger partial charge in [0.25, 0.3) is 10.0 Å². The fraction of sp³-hybridized carbons (Fsp3) is 0.500. The third-order valence-corrected chi connectivity index (χ3v) is 6.56. The van der Waals surface area contributed by atoms with Crippen LogP contribution in [-0.2, 0) is 16.4 Å². The topological polar surface area (TPSA) is 76.3 Å². The van der Waals surface area contributed by atoms with Crippen LogP contribution in [0.3, 0.4) is 0 Å². The number of aromatic nitrogens is 2. The van der Waals surface area contributed by atoms with Gasteiger partial charge in [0.05, 0.1) is 5.56 Å². The Hall–Kier alpha value is -1.25. The van der Waals surface area contributed by atoms with Gasteiger partial charge in [-0.1, -0.05) is 6.92 Å². The van der Waals surface area contributed by atoms with Crippen LogP contribution in [0.2, 0.25) is 0 Å². The summed E-state index contributed by atoms with van der Waals surface area (Å²) in [4.78, 5) is 0. The molecule has 0 aliphatic carbocycles. The van der Waals surface area contributed by atoms with Gasteiger partial charge in [-0.15, -0.1) is 21.5 Å². The maximum Gasteiger partial charge on any atom is 0.252 e. The van der Waals surface area contributed by atoms with Gasteiger partial charge in [0.1, 0.15) is 4.21 Å². The lowest BCUT2D eigenvalue weighted by Crippen LogP contribution is -2.27. The molecule has 6 nitrogen and oxygen atoms in total. The lowest BCUT2D eigenvalue weighted by molar-refractivity contribution is 0.479. The molecule has 0 aromatic carbocycles. The Morgan fingerprint density at radius 3 is 2.75 bits per heavy atom. The predicted octanol–water partition coefficient (Wildman–Crippen LogP) is 2.15. The molecule has 3 rings (SSSR count). The molecule has 20 heavy (non-hydrogen) atoms. The Morgan fingerprint density at radius 1 is 1.35 bits per heavy atom. The van der Waals surface area contributed by atoms with E-state index in [0.717, 1.165) is 12.8 Å². The summed E-state index contributed by atoms with van der Waals surface area (Å²) in [7, 11) is -3.36. The van der Waals surface area contributed by atoms with Crippen molar-refractivity contribution in [3.8, 4) is 11.5 Å². The average Bonchev–Trinajstić information content (AvgIpc) is 3.18.